The van der Waals surface area contributed by atoms with Crippen molar-refractivity contribution in [2.75, 3.05) is 7.11 Å². The molecular formula is C14H10FNO5. The van der Waals surface area contributed by atoms with E-state index in [1.54, 1.807) is 0 Å². The Morgan fingerprint density at radius 2 is 1.95 bits per heavy atom. The fraction of sp³-hybridized carbons (Fsp3) is 0.0714. The van der Waals surface area contributed by atoms with Gasteiger partial charge in [-0.25, -0.2) is 4.39 Å². The van der Waals surface area contributed by atoms with Gasteiger partial charge >= 0.3 is 5.69 Å². The second-order valence-corrected chi connectivity index (χ2v) is 3.99. The number of benzene rings is 2. The van der Waals surface area contributed by atoms with Crippen molar-refractivity contribution in [2.45, 2.75) is 0 Å². The van der Waals surface area contributed by atoms with Crippen LogP contribution < -0.4 is 9.47 Å². The lowest BCUT2D eigenvalue weighted by molar-refractivity contribution is -0.385. The second kappa shape index (κ2) is 6.00. The van der Waals surface area contributed by atoms with Crippen LogP contribution in [0, 0.1) is 15.9 Å². The Labute approximate surface area is 118 Å². The van der Waals surface area contributed by atoms with E-state index in [0.717, 1.165) is 12.1 Å². The molecule has 2 aromatic carbocycles. The summed E-state index contributed by atoms with van der Waals surface area (Å²) in [4.78, 5) is 21.3. The highest BCUT2D eigenvalue weighted by atomic mass is 19.1. The van der Waals surface area contributed by atoms with Gasteiger partial charge in [0, 0.05) is 12.1 Å². The first-order chi connectivity index (χ1) is 10.0. The van der Waals surface area contributed by atoms with Gasteiger partial charge in [-0.2, -0.15) is 0 Å². The SMILES string of the molecule is COc1ccc([N+](=O)[O-])c(Oc2ccc(F)cc2C=O)c1. The van der Waals surface area contributed by atoms with Crippen molar-refractivity contribution in [3.05, 3.63) is 57.9 Å². The highest BCUT2D eigenvalue weighted by Gasteiger charge is 2.18. The molecule has 2 rings (SSSR count). The molecule has 2 aromatic rings. The average Bonchev–Trinajstić information content (AvgIpc) is 2.48. The second-order valence-electron chi connectivity index (χ2n) is 3.99. The lowest BCUT2D eigenvalue weighted by atomic mass is 10.2. The van der Waals surface area contributed by atoms with Crippen molar-refractivity contribution in [1.82, 2.24) is 0 Å². The third-order valence-corrected chi connectivity index (χ3v) is 2.68. The maximum atomic E-state index is 13.1. The maximum Gasteiger partial charge on any atom is 0.311 e. The average molecular weight is 291 g/mol. The number of carbonyl (C=O) groups excluding carboxylic acids is 1. The highest BCUT2D eigenvalue weighted by molar-refractivity contribution is 5.79. The van der Waals surface area contributed by atoms with Gasteiger partial charge in [-0.05, 0) is 24.3 Å². The molecule has 0 fully saturated rings. The molecule has 7 heteroatoms. The topological polar surface area (TPSA) is 78.7 Å². The third kappa shape index (κ3) is 3.14. The number of halogens is 1. The standard InChI is InChI=1S/C14H10FNO5/c1-20-11-3-4-12(16(18)19)14(7-11)21-13-5-2-10(15)6-9(13)8-17/h2-8H,1H3. The molecule has 21 heavy (non-hydrogen) atoms. The molecule has 0 aliphatic rings. The van der Waals surface area contributed by atoms with Gasteiger partial charge < -0.3 is 9.47 Å². The zero-order valence-electron chi connectivity index (χ0n) is 10.9. The van der Waals surface area contributed by atoms with Crippen LogP contribution in [0.1, 0.15) is 10.4 Å². The smallest absolute Gasteiger partial charge is 0.311 e. The number of aldehydes is 1. The van der Waals surface area contributed by atoms with Gasteiger partial charge in [0.15, 0.2) is 6.29 Å². The number of hydrogen-bond acceptors (Lipinski definition) is 5. The summed E-state index contributed by atoms with van der Waals surface area (Å²) in [5.41, 5.74) is -0.343. The first-order valence-corrected chi connectivity index (χ1v) is 5.80. The van der Waals surface area contributed by atoms with Crippen molar-refractivity contribution < 1.29 is 23.6 Å². The van der Waals surface area contributed by atoms with Crippen molar-refractivity contribution in [2.24, 2.45) is 0 Å². The summed E-state index contributed by atoms with van der Waals surface area (Å²) in [5.74, 6) is -0.341. The van der Waals surface area contributed by atoms with Crippen LogP contribution in [-0.2, 0) is 0 Å². The Hall–Kier alpha value is -2.96. The summed E-state index contributed by atoms with van der Waals surface area (Å²) in [6.45, 7) is 0. The largest absolute Gasteiger partial charge is 0.497 e. The molecule has 0 aliphatic heterocycles. The van der Waals surface area contributed by atoms with Crippen LogP contribution >= 0.6 is 0 Å². The fourth-order valence-corrected chi connectivity index (χ4v) is 1.68. The molecule has 0 N–H and O–H groups in total. The first kappa shape index (κ1) is 14.4. The van der Waals surface area contributed by atoms with E-state index in [4.69, 9.17) is 9.47 Å². The van der Waals surface area contributed by atoms with Crippen LogP contribution in [0.2, 0.25) is 0 Å². The first-order valence-electron chi connectivity index (χ1n) is 5.80. The van der Waals surface area contributed by atoms with E-state index >= 15 is 0 Å². The van der Waals surface area contributed by atoms with Gasteiger partial charge in [0.2, 0.25) is 5.75 Å². The minimum absolute atomic E-state index is 0.0164. The van der Waals surface area contributed by atoms with Crippen LogP contribution in [0.25, 0.3) is 0 Å². The number of nitro groups is 1. The van der Waals surface area contributed by atoms with Crippen LogP contribution in [-0.4, -0.2) is 18.3 Å². The van der Waals surface area contributed by atoms with E-state index in [2.05, 4.69) is 0 Å². The fourth-order valence-electron chi connectivity index (χ4n) is 1.68. The summed E-state index contributed by atoms with van der Waals surface area (Å²) >= 11 is 0. The van der Waals surface area contributed by atoms with E-state index in [1.165, 1.54) is 31.4 Å². The Bertz CT molecular complexity index is 702. The van der Waals surface area contributed by atoms with Gasteiger partial charge in [0.25, 0.3) is 0 Å². The molecule has 0 atom stereocenters. The zero-order valence-corrected chi connectivity index (χ0v) is 10.9. The molecule has 0 heterocycles. The Morgan fingerprint density at radius 1 is 1.19 bits per heavy atom. The van der Waals surface area contributed by atoms with Crippen LogP contribution in [0.3, 0.4) is 0 Å². The number of hydrogen-bond donors (Lipinski definition) is 0. The number of nitrogens with zero attached hydrogens (tertiary/aromatic N) is 1. The summed E-state index contributed by atoms with van der Waals surface area (Å²) in [7, 11) is 1.40. The van der Waals surface area contributed by atoms with Gasteiger partial charge in [0.1, 0.15) is 17.3 Å². The minimum Gasteiger partial charge on any atom is -0.497 e. The quantitative estimate of drug-likeness (QED) is 0.479. The summed E-state index contributed by atoms with van der Waals surface area (Å²) in [6, 6.07) is 7.25. The lowest BCUT2D eigenvalue weighted by Crippen LogP contribution is -1.97. The lowest BCUT2D eigenvalue weighted by Gasteiger charge is -2.09. The van der Waals surface area contributed by atoms with Crippen molar-refractivity contribution in [1.29, 1.82) is 0 Å². The van der Waals surface area contributed by atoms with Crippen molar-refractivity contribution in [3.63, 3.8) is 0 Å². The number of nitro benzene ring substituents is 1. The number of methoxy groups -OCH3 is 1. The Morgan fingerprint density at radius 3 is 2.57 bits per heavy atom. The monoisotopic (exact) mass is 291 g/mol. The molecule has 0 saturated heterocycles. The van der Waals surface area contributed by atoms with E-state index in [9.17, 15) is 19.3 Å². The van der Waals surface area contributed by atoms with E-state index in [0.29, 0.717) is 12.0 Å². The molecule has 6 nitrogen and oxygen atoms in total. The van der Waals surface area contributed by atoms with Crippen LogP contribution in [0.4, 0.5) is 10.1 Å². The summed E-state index contributed by atoms with van der Waals surface area (Å²) in [6.07, 6.45) is 0.407. The molecule has 0 aromatic heterocycles. The zero-order chi connectivity index (χ0) is 15.4. The summed E-state index contributed by atoms with van der Waals surface area (Å²) in [5, 5.41) is 11.0. The highest BCUT2D eigenvalue weighted by Crippen LogP contribution is 2.35. The van der Waals surface area contributed by atoms with E-state index < -0.39 is 10.7 Å². The van der Waals surface area contributed by atoms with Crippen molar-refractivity contribution >= 4 is 12.0 Å². The minimum atomic E-state index is -0.626. The van der Waals surface area contributed by atoms with Gasteiger partial charge in [-0.1, -0.05) is 0 Å². The van der Waals surface area contributed by atoms with Gasteiger partial charge in [-0.15, -0.1) is 0 Å². The van der Waals surface area contributed by atoms with Crippen LogP contribution in [0.15, 0.2) is 36.4 Å². The molecule has 0 spiro atoms. The normalized spacial score (nSPS) is 10.0. The molecule has 108 valence electrons. The molecular weight excluding hydrogens is 281 g/mol. The van der Waals surface area contributed by atoms with Crippen LogP contribution in [0.5, 0.6) is 17.2 Å². The predicted molar refractivity (Wildman–Crippen MR) is 71.5 cm³/mol. The van der Waals surface area contributed by atoms with E-state index in [-0.39, 0.29) is 22.7 Å². The molecule has 0 unspecified atom stereocenters. The van der Waals surface area contributed by atoms with Gasteiger partial charge in [0.05, 0.1) is 17.6 Å². The molecule has 0 aliphatic carbocycles. The number of rotatable bonds is 5. The summed E-state index contributed by atoms with van der Waals surface area (Å²) < 4.78 is 23.4. The number of carbonyl (C=O) groups is 1. The van der Waals surface area contributed by atoms with Crippen molar-refractivity contribution in [3.8, 4) is 17.2 Å². The maximum absolute atomic E-state index is 13.1. The molecule has 0 amide bonds. The Kier molecular flexibility index (Phi) is 4.13. The molecule has 0 saturated carbocycles. The van der Waals surface area contributed by atoms with E-state index in [1.807, 2.05) is 0 Å². The third-order valence-electron chi connectivity index (χ3n) is 2.68. The molecule has 0 bridgehead atoms. The Balaban J connectivity index is 2.47. The van der Waals surface area contributed by atoms with Gasteiger partial charge in [-0.3, -0.25) is 14.9 Å². The predicted octanol–water partition coefficient (Wildman–Crippen LogP) is 3.35. The number of ether oxygens (including phenoxy) is 2. The molecule has 0 radical (unpaired) electrons.